The zero-order valence-electron chi connectivity index (χ0n) is 10.5. The summed E-state index contributed by atoms with van der Waals surface area (Å²) in [5.41, 5.74) is 1.14. The van der Waals surface area contributed by atoms with Gasteiger partial charge in [0.1, 0.15) is 5.75 Å². The molecule has 0 saturated heterocycles. The minimum absolute atomic E-state index is 0.209. The van der Waals surface area contributed by atoms with Gasteiger partial charge in [0.2, 0.25) is 0 Å². The summed E-state index contributed by atoms with van der Waals surface area (Å²) < 4.78 is 10.8. The fraction of sp³-hybridized carbons (Fsp3) is 0.214. The second kappa shape index (κ2) is 6.43. The Bertz CT molecular complexity index is 548. The zero-order chi connectivity index (χ0) is 13.7. The molecular weight excluding hydrogens is 310 g/mol. The average molecular weight is 324 g/mol. The van der Waals surface area contributed by atoms with Gasteiger partial charge in [0.15, 0.2) is 10.4 Å². The number of amides is 1. The lowest BCUT2D eigenvalue weighted by Gasteiger charge is -2.04. The number of nitrogens with one attached hydrogen (secondary N) is 1. The van der Waals surface area contributed by atoms with Crippen LogP contribution in [-0.4, -0.2) is 19.6 Å². The molecule has 0 saturated carbocycles. The van der Waals surface area contributed by atoms with Crippen LogP contribution in [0, 0.1) is 0 Å². The number of hydrogen-bond acceptors (Lipinski definition) is 3. The van der Waals surface area contributed by atoms with E-state index in [0.29, 0.717) is 17.0 Å². The van der Waals surface area contributed by atoms with Crippen molar-refractivity contribution in [1.29, 1.82) is 0 Å². The van der Waals surface area contributed by atoms with Gasteiger partial charge in [-0.15, -0.1) is 0 Å². The number of furan rings is 1. The first-order valence-corrected chi connectivity index (χ1v) is 6.65. The van der Waals surface area contributed by atoms with Crippen molar-refractivity contribution in [3.63, 3.8) is 0 Å². The summed E-state index contributed by atoms with van der Waals surface area (Å²) in [4.78, 5) is 11.7. The molecule has 5 heteroatoms. The van der Waals surface area contributed by atoms with E-state index >= 15 is 0 Å². The molecule has 0 aliphatic rings. The highest BCUT2D eigenvalue weighted by molar-refractivity contribution is 9.10. The minimum Gasteiger partial charge on any atom is -0.497 e. The quantitative estimate of drug-likeness (QED) is 0.920. The normalized spacial score (nSPS) is 10.2. The summed E-state index contributed by atoms with van der Waals surface area (Å²) in [5, 5.41) is 2.80. The van der Waals surface area contributed by atoms with E-state index in [1.807, 2.05) is 24.3 Å². The molecule has 1 aromatic carbocycles. The van der Waals surface area contributed by atoms with Gasteiger partial charge in [-0.2, -0.15) is 0 Å². The van der Waals surface area contributed by atoms with Gasteiger partial charge < -0.3 is 14.5 Å². The van der Waals surface area contributed by atoms with Crippen LogP contribution in [0.1, 0.15) is 16.1 Å². The topological polar surface area (TPSA) is 51.5 Å². The third-order valence-corrected chi connectivity index (χ3v) is 3.08. The van der Waals surface area contributed by atoms with Crippen molar-refractivity contribution >= 4 is 21.8 Å². The van der Waals surface area contributed by atoms with Crippen LogP contribution >= 0.6 is 15.9 Å². The predicted molar refractivity (Wildman–Crippen MR) is 75.4 cm³/mol. The van der Waals surface area contributed by atoms with Gasteiger partial charge in [0.05, 0.1) is 7.11 Å². The molecule has 0 spiro atoms. The van der Waals surface area contributed by atoms with E-state index in [-0.39, 0.29) is 5.91 Å². The lowest BCUT2D eigenvalue weighted by Crippen LogP contribution is -2.25. The van der Waals surface area contributed by atoms with Crippen molar-refractivity contribution in [2.75, 3.05) is 13.7 Å². The molecule has 1 heterocycles. The van der Waals surface area contributed by atoms with E-state index in [1.54, 1.807) is 19.2 Å². The third kappa shape index (κ3) is 3.86. The molecule has 2 rings (SSSR count). The number of hydrogen-bond donors (Lipinski definition) is 1. The molecule has 4 nitrogen and oxygen atoms in total. The van der Waals surface area contributed by atoms with Crippen LogP contribution in [0.25, 0.3) is 0 Å². The number of carbonyl (C=O) groups excluding carboxylic acids is 1. The predicted octanol–water partition coefficient (Wildman–Crippen LogP) is 3.02. The van der Waals surface area contributed by atoms with Crippen molar-refractivity contribution < 1.29 is 13.9 Å². The molecule has 19 heavy (non-hydrogen) atoms. The number of halogens is 1. The van der Waals surface area contributed by atoms with E-state index in [1.165, 1.54) is 0 Å². The first kappa shape index (κ1) is 13.7. The molecule has 0 bridgehead atoms. The molecule has 100 valence electrons. The summed E-state index contributed by atoms with van der Waals surface area (Å²) >= 11 is 3.16. The van der Waals surface area contributed by atoms with E-state index in [4.69, 9.17) is 9.15 Å². The van der Waals surface area contributed by atoms with Crippen molar-refractivity contribution in [1.82, 2.24) is 5.32 Å². The highest BCUT2D eigenvalue weighted by Gasteiger charge is 2.09. The molecule has 0 radical (unpaired) electrons. The van der Waals surface area contributed by atoms with Gasteiger partial charge in [-0.25, -0.2) is 0 Å². The van der Waals surface area contributed by atoms with Crippen molar-refractivity contribution in [3.8, 4) is 5.75 Å². The van der Waals surface area contributed by atoms with E-state index < -0.39 is 0 Å². The van der Waals surface area contributed by atoms with Gasteiger partial charge in [0.25, 0.3) is 5.91 Å². The fourth-order valence-corrected chi connectivity index (χ4v) is 1.94. The summed E-state index contributed by atoms with van der Waals surface area (Å²) in [6.07, 6.45) is 0.762. The Morgan fingerprint density at radius 2 is 2.00 bits per heavy atom. The Balaban J connectivity index is 1.81. The SMILES string of the molecule is COc1ccc(CCNC(=O)c2ccc(Br)o2)cc1. The molecule has 0 aliphatic carbocycles. The second-order valence-electron chi connectivity index (χ2n) is 3.96. The van der Waals surface area contributed by atoms with Crippen LogP contribution in [0.3, 0.4) is 0 Å². The summed E-state index contributed by atoms with van der Waals surface area (Å²) in [7, 11) is 1.64. The Labute approximate surface area is 119 Å². The van der Waals surface area contributed by atoms with Crippen LogP contribution < -0.4 is 10.1 Å². The van der Waals surface area contributed by atoms with Crippen molar-refractivity contribution in [3.05, 3.63) is 52.4 Å². The molecule has 0 fully saturated rings. The highest BCUT2D eigenvalue weighted by Crippen LogP contribution is 2.14. The molecule has 2 aromatic rings. The largest absolute Gasteiger partial charge is 0.497 e. The Morgan fingerprint density at radius 3 is 2.58 bits per heavy atom. The van der Waals surface area contributed by atoms with Gasteiger partial charge in [-0.05, 0) is 52.2 Å². The number of carbonyl (C=O) groups is 1. The van der Waals surface area contributed by atoms with Gasteiger partial charge >= 0.3 is 0 Å². The van der Waals surface area contributed by atoms with E-state index in [0.717, 1.165) is 17.7 Å². The fourth-order valence-electron chi connectivity index (χ4n) is 1.64. The maximum atomic E-state index is 11.7. The molecule has 0 aliphatic heterocycles. The van der Waals surface area contributed by atoms with Gasteiger partial charge in [0, 0.05) is 6.54 Å². The van der Waals surface area contributed by atoms with Crippen LogP contribution in [0.15, 0.2) is 45.5 Å². The van der Waals surface area contributed by atoms with Crippen molar-refractivity contribution in [2.45, 2.75) is 6.42 Å². The van der Waals surface area contributed by atoms with Crippen LogP contribution in [-0.2, 0) is 6.42 Å². The van der Waals surface area contributed by atoms with Gasteiger partial charge in [-0.3, -0.25) is 4.79 Å². The first-order valence-electron chi connectivity index (χ1n) is 5.85. The van der Waals surface area contributed by atoms with Gasteiger partial charge in [-0.1, -0.05) is 12.1 Å². The molecule has 1 N–H and O–H groups in total. The zero-order valence-corrected chi connectivity index (χ0v) is 12.1. The lowest BCUT2D eigenvalue weighted by atomic mass is 10.1. The smallest absolute Gasteiger partial charge is 0.287 e. The maximum absolute atomic E-state index is 11.7. The molecule has 0 atom stereocenters. The Kier molecular flexibility index (Phi) is 4.63. The van der Waals surface area contributed by atoms with Crippen LogP contribution in [0.2, 0.25) is 0 Å². The second-order valence-corrected chi connectivity index (χ2v) is 4.74. The monoisotopic (exact) mass is 323 g/mol. The molecule has 1 aromatic heterocycles. The average Bonchev–Trinajstić information content (AvgIpc) is 2.86. The highest BCUT2D eigenvalue weighted by atomic mass is 79.9. The number of methoxy groups -OCH3 is 1. The van der Waals surface area contributed by atoms with Crippen LogP contribution in [0.4, 0.5) is 0 Å². The first-order chi connectivity index (χ1) is 9.19. The lowest BCUT2D eigenvalue weighted by molar-refractivity contribution is 0.0925. The summed E-state index contributed by atoms with van der Waals surface area (Å²) in [6.45, 7) is 0.559. The number of ether oxygens (including phenoxy) is 1. The number of benzene rings is 1. The Hall–Kier alpha value is -1.75. The standard InChI is InChI=1S/C14H14BrNO3/c1-18-11-4-2-10(3-5-11)8-9-16-14(17)12-6-7-13(15)19-12/h2-7H,8-9H2,1H3,(H,16,17). The number of rotatable bonds is 5. The molecule has 0 unspecified atom stereocenters. The van der Waals surface area contributed by atoms with Crippen molar-refractivity contribution in [2.24, 2.45) is 0 Å². The third-order valence-electron chi connectivity index (χ3n) is 2.66. The summed E-state index contributed by atoms with van der Waals surface area (Å²) in [6, 6.07) is 11.1. The summed E-state index contributed by atoms with van der Waals surface area (Å²) in [5.74, 6) is 0.925. The Morgan fingerprint density at radius 1 is 1.26 bits per heavy atom. The molecular formula is C14H14BrNO3. The van der Waals surface area contributed by atoms with E-state index in [9.17, 15) is 4.79 Å². The maximum Gasteiger partial charge on any atom is 0.287 e. The minimum atomic E-state index is -0.209. The molecule has 1 amide bonds. The van der Waals surface area contributed by atoms with E-state index in [2.05, 4.69) is 21.2 Å². The van der Waals surface area contributed by atoms with Crippen LogP contribution in [0.5, 0.6) is 5.75 Å².